The van der Waals surface area contributed by atoms with Crippen molar-refractivity contribution in [3.05, 3.63) is 148 Å². The number of fused-ring (bicyclic) bond motifs is 13. The van der Waals surface area contributed by atoms with Gasteiger partial charge in [-0.25, -0.2) is 0 Å². The third-order valence-electron chi connectivity index (χ3n) is 18.1. The molecule has 0 saturated heterocycles. The molecule has 69 heavy (non-hydrogen) atoms. The first kappa shape index (κ1) is 45.1. The Labute approximate surface area is 418 Å². The molecule has 3 aliphatic heterocycles. The van der Waals surface area contributed by atoms with Gasteiger partial charge in [-0.15, -0.1) is 11.3 Å². The van der Waals surface area contributed by atoms with Crippen molar-refractivity contribution in [2.24, 2.45) is 0 Å². The monoisotopic (exact) mass is 925 g/mol. The zero-order chi connectivity index (χ0) is 48.9. The van der Waals surface area contributed by atoms with Crippen molar-refractivity contribution < 1.29 is 0 Å². The lowest BCUT2D eigenvalue weighted by Gasteiger charge is -2.49. The maximum Gasteiger partial charge on any atom is 0.254 e. The van der Waals surface area contributed by atoms with Crippen LogP contribution in [0.3, 0.4) is 0 Å². The predicted molar refractivity (Wildman–Crippen MR) is 301 cm³/mol. The van der Waals surface area contributed by atoms with Crippen molar-refractivity contribution in [3.63, 3.8) is 0 Å². The van der Waals surface area contributed by atoms with Crippen molar-refractivity contribution in [3.8, 4) is 11.1 Å². The lowest BCUT2D eigenvalue weighted by atomic mass is 9.33. The molecule has 4 bridgehead atoms. The molecule has 0 amide bonds. The lowest BCUT2D eigenvalue weighted by Crippen LogP contribution is -2.61. The number of rotatable bonds is 1. The van der Waals surface area contributed by atoms with Crippen LogP contribution < -0.4 is 26.2 Å². The Morgan fingerprint density at radius 2 is 1.06 bits per heavy atom. The first-order valence-electron chi connectivity index (χ1n) is 26.1. The van der Waals surface area contributed by atoms with E-state index in [1.807, 2.05) is 11.3 Å². The quantitative estimate of drug-likeness (QED) is 0.151. The van der Waals surface area contributed by atoms with E-state index < -0.39 is 0 Å². The Morgan fingerprint density at radius 3 is 1.70 bits per heavy atom. The van der Waals surface area contributed by atoms with Crippen LogP contribution in [0.15, 0.2) is 103 Å². The molecule has 4 heteroatoms. The van der Waals surface area contributed by atoms with Crippen molar-refractivity contribution in [2.75, 3.05) is 9.80 Å². The third kappa shape index (κ3) is 6.48. The van der Waals surface area contributed by atoms with Crippen LogP contribution in [0.4, 0.5) is 33.4 Å². The average Bonchev–Trinajstić information content (AvgIpc) is 3.65. The Kier molecular flexibility index (Phi) is 9.21. The van der Waals surface area contributed by atoms with E-state index in [1.165, 1.54) is 128 Å². The number of anilines is 6. The van der Waals surface area contributed by atoms with Gasteiger partial charge in [-0.1, -0.05) is 159 Å². The minimum Gasteiger partial charge on any atom is -0.311 e. The van der Waals surface area contributed by atoms with Gasteiger partial charge in [0.05, 0.1) is 10.7 Å². The van der Waals surface area contributed by atoms with E-state index in [0.29, 0.717) is 0 Å². The summed E-state index contributed by atoms with van der Waals surface area (Å²) in [6.45, 7) is 38.9. The van der Waals surface area contributed by atoms with E-state index in [4.69, 9.17) is 0 Å². The van der Waals surface area contributed by atoms with Crippen molar-refractivity contribution in [1.82, 2.24) is 0 Å². The summed E-state index contributed by atoms with van der Waals surface area (Å²) in [7, 11) is 0. The van der Waals surface area contributed by atoms with E-state index in [-0.39, 0.29) is 44.6 Å². The van der Waals surface area contributed by atoms with Gasteiger partial charge in [0.1, 0.15) is 0 Å². The van der Waals surface area contributed by atoms with Gasteiger partial charge in [-0.2, -0.15) is 0 Å². The summed E-state index contributed by atoms with van der Waals surface area (Å²) in [5.74, 6) is 0. The van der Waals surface area contributed by atoms with E-state index in [0.717, 1.165) is 12.8 Å². The Morgan fingerprint density at radius 1 is 0.478 bits per heavy atom. The predicted octanol–water partition coefficient (Wildman–Crippen LogP) is 16.6. The molecule has 6 aromatic carbocycles. The van der Waals surface area contributed by atoms with Gasteiger partial charge in [0.15, 0.2) is 0 Å². The fourth-order valence-corrected chi connectivity index (χ4v) is 14.6. The summed E-state index contributed by atoms with van der Waals surface area (Å²) in [5.41, 5.74) is 25.0. The Bertz CT molecular complexity index is 3340. The smallest absolute Gasteiger partial charge is 0.254 e. The number of hydrogen-bond acceptors (Lipinski definition) is 3. The number of hydrogen-bond donors (Lipinski definition) is 0. The van der Waals surface area contributed by atoms with Crippen LogP contribution in [0.2, 0.25) is 0 Å². The van der Waals surface area contributed by atoms with Gasteiger partial charge in [0, 0.05) is 38.4 Å². The van der Waals surface area contributed by atoms with Gasteiger partial charge < -0.3 is 9.80 Å². The molecule has 1 unspecified atom stereocenters. The first-order valence-corrected chi connectivity index (χ1v) is 26.9. The molecule has 0 saturated carbocycles. The summed E-state index contributed by atoms with van der Waals surface area (Å²) in [5, 5.41) is 2.80. The summed E-state index contributed by atoms with van der Waals surface area (Å²) in [6, 6.07) is 42.7. The summed E-state index contributed by atoms with van der Waals surface area (Å²) in [4.78, 5) is 5.45. The molecular weight excluding hydrogens is 852 g/mol. The second kappa shape index (κ2) is 14.1. The molecule has 0 spiro atoms. The largest absolute Gasteiger partial charge is 0.311 e. The third-order valence-corrected chi connectivity index (χ3v) is 19.3. The first-order chi connectivity index (χ1) is 32.2. The van der Waals surface area contributed by atoms with Crippen LogP contribution in [0.5, 0.6) is 0 Å². The van der Waals surface area contributed by atoms with Crippen molar-refractivity contribution in [1.29, 1.82) is 0 Å². The maximum atomic E-state index is 2.75. The minimum atomic E-state index is -0.139. The second-order valence-electron chi connectivity index (χ2n) is 27.3. The standard InChI is InChI=1S/C65H73BN2S/c1-59(2,3)39-20-23-43(24-21-39)67-53-32-42(61(7,8)9)33-54-57(53)66(56-45-34-46-48(37-55(45)69-58(56)67)63(12,13)27-26-62(46,10)11)50-35-47-49-36-52(50)68(54)51-25-22-40(60(4,5)6)31-44(51)38-18-17-19-41(30-38)65(49,16)29-28-64(47,14)15/h17-25,30-37H,26-29H2,1-16H3. The highest BCUT2D eigenvalue weighted by molar-refractivity contribution is 7.26. The van der Waals surface area contributed by atoms with E-state index in [2.05, 4.69) is 224 Å². The molecular formula is C65H73BN2S. The molecule has 4 heterocycles. The Hall–Kier alpha value is -5.06. The summed E-state index contributed by atoms with van der Waals surface area (Å²) < 4.78 is 1.41. The molecule has 0 fully saturated rings. The van der Waals surface area contributed by atoms with Gasteiger partial charge in [0.2, 0.25) is 0 Å². The molecule has 0 N–H and O–H groups in total. The van der Waals surface area contributed by atoms with Gasteiger partial charge >= 0.3 is 0 Å². The Balaban J connectivity index is 1.27. The van der Waals surface area contributed by atoms with Crippen LogP contribution in [-0.4, -0.2) is 6.71 Å². The molecule has 2 nitrogen and oxygen atoms in total. The fourth-order valence-electron chi connectivity index (χ4n) is 13.3. The van der Waals surface area contributed by atoms with E-state index in [1.54, 1.807) is 0 Å². The molecule has 7 aromatic rings. The topological polar surface area (TPSA) is 6.48 Å². The van der Waals surface area contributed by atoms with Crippen LogP contribution in [0.25, 0.3) is 21.2 Å². The average molecular weight is 925 g/mol. The van der Waals surface area contributed by atoms with E-state index >= 15 is 0 Å². The molecule has 0 radical (unpaired) electrons. The molecule has 1 aromatic heterocycles. The van der Waals surface area contributed by atoms with Gasteiger partial charge in [0.25, 0.3) is 6.71 Å². The van der Waals surface area contributed by atoms with Crippen LogP contribution >= 0.6 is 11.3 Å². The molecule has 5 aliphatic rings. The van der Waals surface area contributed by atoms with Crippen LogP contribution in [0.1, 0.15) is 181 Å². The fraction of sp³-hybridized carbons (Fsp3) is 0.415. The minimum absolute atomic E-state index is 0.0103. The van der Waals surface area contributed by atoms with E-state index in [9.17, 15) is 0 Å². The molecule has 352 valence electrons. The molecule has 1 atom stereocenters. The molecule has 2 aliphatic carbocycles. The highest BCUT2D eigenvalue weighted by atomic mass is 32.1. The van der Waals surface area contributed by atoms with Gasteiger partial charge in [-0.3, -0.25) is 0 Å². The number of thiophene rings is 1. The normalized spacial score (nSPS) is 20.3. The van der Waals surface area contributed by atoms with Crippen molar-refractivity contribution in [2.45, 2.75) is 174 Å². The number of benzene rings is 6. The summed E-state index contributed by atoms with van der Waals surface area (Å²) in [6.07, 6.45) is 4.65. The van der Waals surface area contributed by atoms with Crippen LogP contribution in [-0.2, 0) is 37.9 Å². The zero-order valence-electron chi connectivity index (χ0n) is 44.5. The van der Waals surface area contributed by atoms with Crippen molar-refractivity contribution >= 4 is 78.0 Å². The number of nitrogens with zero attached hydrogens (tertiary/aromatic N) is 2. The highest BCUT2D eigenvalue weighted by Crippen LogP contribution is 2.57. The van der Waals surface area contributed by atoms with Crippen LogP contribution in [0, 0.1) is 0 Å². The maximum absolute atomic E-state index is 2.75. The SMILES string of the molecule is CC(C)(C)c1ccc(N2c3cc(C(C)(C)C)cc4c3B(c3cc5c6cc3N4c3ccc(C(C)(C)C)cc3-c3cccc(c3)C6(C)CCC5(C)C)c3c2sc2cc4c(cc32)C(C)(C)CCC4(C)C)cc1. The second-order valence-corrected chi connectivity index (χ2v) is 28.3. The lowest BCUT2D eigenvalue weighted by molar-refractivity contribution is 0.332. The summed E-state index contributed by atoms with van der Waals surface area (Å²) >= 11 is 2.03. The highest BCUT2D eigenvalue weighted by Gasteiger charge is 2.50. The zero-order valence-corrected chi connectivity index (χ0v) is 45.3. The van der Waals surface area contributed by atoms with Gasteiger partial charge in [-0.05, 0) is 185 Å². The molecule has 12 rings (SSSR count).